The smallest absolute Gasteiger partial charge is 0.322 e. The molecular weight excluding hydrogens is 367 g/mol. The monoisotopic (exact) mass is 387 g/mol. The SMILES string of the molecule is CCC(C(=O)Nc1c(-c2ccc(C(F)(F)F)cc2)n[nH]c1C)c1ccccc1. The van der Waals surface area contributed by atoms with Gasteiger partial charge in [0.2, 0.25) is 5.91 Å². The molecule has 0 spiro atoms. The van der Waals surface area contributed by atoms with Gasteiger partial charge in [-0.15, -0.1) is 0 Å². The fourth-order valence-corrected chi connectivity index (χ4v) is 3.08. The maximum absolute atomic E-state index is 12.9. The van der Waals surface area contributed by atoms with Crippen LogP contribution in [0.2, 0.25) is 0 Å². The second-order valence-corrected chi connectivity index (χ2v) is 6.51. The number of aromatic amines is 1. The second-order valence-electron chi connectivity index (χ2n) is 6.51. The number of aryl methyl sites for hydroxylation is 1. The summed E-state index contributed by atoms with van der Waals surface area (Å²) in [6, 6.07) is 14.1. The lowest BCUT2D eigenvalue weighted by Crippen LogP contribution is -2.21. The summed E-state index contributed by atoms with van der Waals surface area (Å²) in [5, 5.41) is 9.86. The van der Waals surface area contributed by atoms with E-state index < -0.39 is 11.7 Å². The minimum atomic E-state index is -4.40. The zero-order chi connectivity index (χ0) is 20.3. The highest BCUT2D eigenvalue weighted by molar-refractivity contribution is 5.99. The number of alkyl halides is 3. The molecule has 0 radical (unpaired) electrons. The Morgan fingerprint density at radius 3 is 2.32 bits per heavy atom. The third kappa shape index (κ3) is 4.08. The molecule has 3 rings (SSSR count). The van der Waals surface area contributed by atoms with Gasteiger partial charge in [0.15, 0.2) is 0 Å². The van der Waals surface area contributed by atoms with E-state index >= 15 is 0 Å². The molecule has 1 atom stereocenters. The molecule has 0 aliphatic heterocycles. The number of halogens is 3. The van der Waals surface area contributed by atoms with E-state index in [1.54, 1.807) is 6.92 Å². The summed E-state index contributed by atoms with van der Waals surface area (Å²) in [4.78, 5) is 12.9. The average Bonchev–Trinajstić information content (AvgIpc) is 3.03. The lowest BCUT2D eigenvalue weighted by Gasteiger charge is -2.16. The molecule has 0 saturated carbocycles. The molecule has 0 aliphatic carbocycles. The number of anilines is 1. The number of amides is 1. The number of nitrogens with zero attached hydrogens (tertiary/aromatic N) is 1. The Hall–Kier alpha value is -3.09. The Morgan fingerprint density at radius 2 is 1.75 bits per heavy atom. The number of carbonyl (C=O) groups excluding carboxylic acids is 1. The number of nitrogens with one attached hydrogen (secondary N) is 2. The van der Waals surface area contributed by atoms with Crippen molar-refractivity contribution < 1.29 is 18.0 Å². The number of benzene rings is 2. The summed E-state index contributed by atoms with van der Waals surface area (Å²) in [5.74, 6) is -0.526. The normalized spacial score (nSPS) is 12.6. The Bertz CT molecular complexity index is 947. The summed E-state index contributed by atoms with van der Waals surface area (Å²) in [5.41, 5.74) is 2.16. The van der Waals surface area contributed by atoms with E-state index in [0.717, 1.165) is 17.7 Å². The van der Waals surface area contributed by atoms with Gasteiger partial charge in [-0.3, -0.25) is 9.89 Å². The first-order chi connectivity index (χ1) is 13.3. The first kappa shape index (κ1) is 19.7. The van der Waals surface area contributed by atoms with Crippen LogP contribution in [0.5, 0.6) is 0 Å². The van der Waals surface area contributed by atoms with Crippen LogP contribution in [0.15, 0.2) is 54.6 Å². The molecule has 0 saturated heterocycles. The quantitative estimate of drug-likeness (QED) is 0.604. The maximum Gasteiger partial charge on any atom is 0.416 e. The van der Waals surface area contributed by atoms with Crippen LogP contribution in [0.1, 0.15) is 36.1 Å². The number of H-pyrrole nitrogens is 1. The summed E-state index contributed by atoms with van der Waals surface area (Å²) in [7, 11) is 0. The van der Waals surface area contributed by atoms with Gasteiger partial charge >= 0.3 is 6.18 Å². The topological polar surface area (TPSA) is 57.8 Å². The zero-order valence-corrected chi connectivity index (χ0v) is 15.5. The molecule has 1 amide bonds. The van der Waals surface area contributed by atoms with Crippen LogP contribution in [0.3, 0.4) is 0 Å². The molecular formula is C21H20F3N3O. The number of aromatic nitrogens is 2. The first-order valence-corrected chi connectivity index (χ1v) is 8.89. The minimum absolute atomic E-state index is 0.189. The molecule has 0 bridgehead atoms. The molecule has 2 aromatic carbocycles. The van der Waals surface area contributed by atoms with Gasteiger partial charge in [-0.1, -0.05) is 49.4 Å². The van der Waals surface area contributed by atoms with Gasteiger partial charge in [-0.25, -0.2) is 0 Å². The lowest BCUT2D eigenvalue weighted by molar-refractivity contribution is -0.137. The van der Waals surface area contributed by atoms with Crippen LogP contribution in [0, 0.1) is 6.92 Å². The predicted molar refractivity (Wildman–Crippen MR) is 102 cm³/mol. The first-order valence-electron chi connectivity index (χ1n) is 8.89. The van der Waals surface area contributed by atoms with E-state index in [9.17, 15) is 18.0 Å². The van der Waals surface area contributed by atoms with Gasteiger partial charge < -0.3 is 5.32 Å². The van der Waals surface area contributed by atoms with E-state index in [-0.39, 0.29) is 11.8 Å². The van der Waals surface area contributed by atoms with Crippen molar-refractivity contribution in [2.75, 3.05) is 5.32 Å². The van der Waals surface area contributed by atoms with E-state index in [0.29, 0.717) is 29.1 Å². The van der Waals surface area contributed by atoms with Gasteiger partial charge in [-0.05, 0) is 31.0 Å². The number of hydrogen-bond donors (Lipinski definition) is 2. The standard InChI is InChI=1S/C21H20F3N3O/c1-3-17(14-7-5-4-6-8-14)20(28)25-18-13(2)26-27-19(18)15-9-11-16(12-10-15)21(22,23)24/h4-12,17H,3H2,1-2H3,(H,25,28)(H,26,27). The van der Waals surface area contributed by atoms with Crippen LogP contribution >= 0.6 is 0 Å². The van der Waals surface area contributed by atoms with Gasteiger partial charge in [-0.2, -0.15) is 18.3 Å². The molecule has 1 heterocycles. The van der Waals surface area contributed by atoms with E-state index in [1.807, 2.05) is 37.3 Å². The van der Waals surface area contributed by atoms with Crippen molar-refractivity contribution in [1.29, 1.82) is 0 Å². The Morgan fingerprint density at radius 1 is 1.11 bits per heavy atom. The molecule has 4 nitrogen and oxygen atoms in total. The van der Waals surface area contributed by atoms with Gasteiger partial charge in [0, 0.05) is 5.56 Å². The second kappa shape index (κ2) is 7.88. The van der Waals surface area contributed by atoms with E-state index in [4.69, 9.17) is 0 Å². The minimum Gasteiger partial charge on any atom is -0.322 e. The summed E-state index contributed by atoms with van der Waals surface area (Å²) in [6.07, 6.45) is -3.79. The average molecular weight is 387 g/mol. The number of hydrogen-bond acceptors (Lipinski definition) is 2. The Kier molecular flexibility index (Phi) is 5.53. The molecule has 3 aromatic rings. The summed E-state index contributed by atoms with van der Waals surface area (Å²) < 4.78 is 38.4. The van der Waals surface area contributed by atoms with Crippen molar-refractivity contribution in [2.45, 2.75) is 32.4 Å². The van der Waals surface area contributed by atoms with Crippen molar-refractivity contribution in [2.24, 2.45) is 0 Å². The maximum atomic E-state index is 12.9. The Balaban J connectivity index is 1.88. The van der Waals surface area contributed by atoms with Gasteiger partial charge in [0.1, 0.15) is 5.69 Å². The molecule has 28 heavy (non-hydrogen) atoms. The highest BCUT2D eigenvalue weighted by Gasteiger charge is 2.30. The van der Waals surface area contributed by atoms with Crippen LogP contribution in [-0.2, 0) is 11.0 Å². The zero-order valence-electron chi connectivity index (χ0n) is 15.5. The van der Waals surface area contributed by atoms with Crippen LogP contribution in [-0.4, -0.2) is 16.1 Å². The molecule has 7 heteroatoms. The number of carbonyl (C=O) groups is 1. The van der Waals surface area contributed by atoms with E-state index in [2.05, 4.69) is 15.5 Å². The van der Waals surface area contributed by atoms with Crippen molar-refractivity contribution in [3.05, 3.63) is 71.4 Å². The highest BCUT2D eigenvalue weighted by Crippen LogP contribution is 2.34. The molecule has 1 unspecified atom stereocenters. The predicted octanol–water partition coefficient (Wildman–Crippen LogP) is 5.54. The van der Waals surface area contributed by atoms with Crippen molar-refractivity contribution in [3.63, 3.8) is 0 Å². The van der Waals surface area contributed by atoms with Gasteiger partial charge in [0.25, 0.3) is 0 Å². The summed E-state index contributed by atoms with van der Waals surface area (Å²) in [6.45, 7) is 3.68. The molecule has 0 fully saturated rings. The highest BCUT2D eigenvalue weighted by atomic mass is 19.4. The molecule has 1 aromatic heterocycles. The fraction of sp³-hybridized carbons (Fsp3) is 0.238. The molecule has 146 valence electrons. The fourth-order valence-electron chi connectivity index (χ4n) is 3.08. The third-order valence-electron chi connectivity index (χ3n) is 4.61. The lowest BCUT2D eigenvalue weighted by atomic mass is 9.95. The molecule has 0 aliphatic rings. The Labute approximate surface area is 160 Å². The summed E-state index contributed by atoms with van der Waals surface area (Å²) >= 11 is 0. The number of rotatable bonds is 5. The van der Waals surface area contributed by atoms with Crippen LogP contribution in [0.4, 0.5) is 18.9 Å². The van der Waals surface area contributed by atoms with E-state index in [1.165, 1.54) is 12.1 Å². The van der Waals surface area contributed by atoms with Crippen LogP contribution in [0.25, 0.3) is 11.3 Å². The van der Waals surface area contributed by atoms with Crippen molar-refractivity contribution in [1.82, 2.24) is 10.2 Å². The van der Waals surface area contributed by atoms with Crippen LogP contribution < -0.4 is 5.32 Å². The largest absolute Gasteiger partial charge is 0.416 e. The third-order valence-corrected chi connectivity index (χ3v) is 4.61. The molecule has 2 N–H and O–H groups in total. The van der Waals surface area contributed by atoms with Crippen molar-refractivity contribution in [3.8, 4) is 11.3 Å². The van der Waals surface area contributed by atoms with Gasteiger partial charge in [0.05, 0.1) is 22.9 Å². The van der Waals surface area contributed by atoms with Crippen molar-refractivity contribution >= 4 is 11.6 Å².